The van der Waals surface area contributed by atoms with E-state index in [4.69, 9.17) is 4.42 Å². The molecule has 4 rings (SSSR count). The van der Waals surface area contributed by atoms with E-state index in [1.807, 2.05) is 12.1 Å². The van der Waals surface area contributed by atoms with Crippen molar-refractivity contribution in [2.24, 2.45) is 0 Å². The second-order valence-electron chi connectivity index (χ2n) is 7.95. The molecule has 1 fully saturated rings. The lowest BCUT2D eigenvalue weighted by atomic mass is 10.1. The summed E-state index contributed by atoms with van der Waals surface area (Å²) in [5.74, 6) is -0.177. The van der Waals surface area contributed by atoms with Crippen LogP contribution in [0.25, 0.3) is 0 Å². The lowest BCUT2D eigenvalue weighted by Gasteiger charge is -2.33. The van der Waals surface area contributed by atoms with Gasteiger partial charge in [-0.25, -0.2) is 12.8 Å². The molecule has 1 atom stereocenters. The summed E-state index contributed by atoms with van der Waals surface area (Å²) in [5.41, 5.74) is 0.192. The lowest BCUT2D eigenvalue weighted by molar-refractivity contribution is 0.0914. The first-order valence-corrected chi connectivity index (χ1v) is 12.4. The Hall–Kier alpha value is -3.17. The lowest BCUT2D eigenvalue weighted by Crippen LogP contribution is -2.40. The molecule has 33 heavy (non-hydrogen) atoms. The van der Waals surface area contributed by atoms with Gasteiger partial charge in [-0.05, 0) is 74.5 Å². The molecule has 7 nitrogen and oxygen atoms in total. The first-order valence-electron chi connectivity index (χ1n) is 10.9. The number of carbonyl (C=O) groups excluding carboxylic acids is 1. The Kier molecular flexibility index (Phi) is 7.10. The average Bonchev–Trinajstić information content (AvgIpc) is 3.36. The molecule has 1 saturated heterocycles. The number of benzene rings is 2. The quantitative estimate of drug-likeness (QED) is 0.514. The van der Waals surface area contributed by atoms with Crippen LogP contribution in [-0.2, 0) is 10.0 Å². The van der Waals surface area contributed by atoms with Gasteiger partial charge in [-0.1, -0.05) is 18.6 Å². The maximum Gasteiger partial charge on any atom is 0.261 e. The Morgan fingerprint density at radius 1 is 1.00 bits per heavy atom. The first kappa shape index (κ1) is 23.0. The highest BCUT2D eigenvalue weighted by Gasteiger charge is 2.25. The number of para-hydroxylation sites is 1. The Balaban J connectivity index is 1.42. The molecule has 174 valence electrons. The van der Waals surface area contributed by atoms with Crippen LogP contribution in [0, 0.1) is 5.82 Å². The van der Waals surface area contributed by atoms with Gasteiger partial charge in [0.25, 0.3) is 15.9 Å². The summed E-state index contributed by atoms with van der Waals surface area (Å²) in [5, 5.41) is 2.93. The van der Waals surface area contributed by atoms with Gasteiger partial charge < -0.3 is 9.73 Å². The molecular weight excluding hydrogens is 445 g/mol. The second-order valence-corrected chi connectivity index (χ2v) is 9.63. The number of piperidine rings is 1. The predicted octanol–water partition coefficient (Wildman–Crippen LogP) is 4.18. The SMILES string of the molecule is O=C(NCC(c1ccco1)N1CCCCC1)c1ccc(S(=O)(=O)Nc2ccccc2F)cc1. The van der Waals surface area contributed by atoms with E-state index in [1.54, 1.807) is 6.26 Å². The van der Waals surface area contributed by atoms with Crippen molar-refractivity contribution >= 4 is 21.6 Å². The molecule has 3 aromatic rings. The highest BCUT2D eigenvalue weighted by atomic mass is 32.2. The Bertz CT molecular complexity index is 1170. The Morgan fingerprint density at radius 3 is 2.39 bits per heavy atom. The number of amides is 1. The molecule has 0 bridgehead atoms. The average molecular weight is 472 g/mol. The number of nitrogens with one attached hydrogen (secondary N) is 2. The normalized spacial score (nSPS) is 15.7. The van der Waals surface area contributed by atoms with Crippen molar-refractivity contribution in [3.8, 4) is 0 Å². The maximum absolute atomic E-state index is 13.8. The van der Waals surface area contributed by atoms with Crippen molar-refractivity contribution in [2.45, 2.75) is 30.2 Å². The Labute approximate surface area is 192 Å². The van der Waals surface area contributed by atoms with Crippen LogP contribution < -0.4 is 10.0 Å². The van der Waals surface area contributed by atoms with Gasteiger partial charge in [-0.2, -0.15) is 0 Å². The van der Waals surface area contributed by atoms with E-state index < -0.39 is 15.8 Å². The van der Waals surface area contributed by atoms with Crippen LogP contribution in [0.5, 0.6) is 0 Å². The highest BCUT2D eigenvalue weighted by molar-refractivity contribution is 7.92. The van der Waals surface area contributed by atoms with Crippen molar-refractivity contribution in [1.82, 2.24) is 10.2 Å². The minimum Gasteiger partial charge on any atom is -0.468 e. The maximum atomic E-state index is 13.8. The van der Waals surface area contributed by atoms with Crippen molar-refractivity contribution in [3.63, 3.8) is 0 Å². The van der Waals surface area contributed by atoms with Crippen LogP contribution in [0.3, 0.4) is 0 Å². The van der Waals surface area contributed by atoms with E-state index in [1.165, 1.54) is 55.0 Å². The number of carbonyl (C=O) groups is 1. The van der Waals surface area contributed by atoms with Crippen LogP contribution >= 0.6 is 0 Å². The van der Waals surface area contributed by atoms with E-state index in [0.717, 1.165) is 31.7 Å². The van der Waals surface area contributed by atoms with E-state index >= 15 is 0 Å². The number of likely N-dealkylation sites (tertiary alicyclic amines) is 1. The number of rotatable bonds is 8. The second kappa shape index (κ2) is 10.2. The van der Waals surface area contributed by atoms with E-state index in [-0.39, 0.29) is 22.5 Å². The van der Waals surface area contributed by atoms with Gasteiger partial charge in [0.15, 0.2) is 0 Å². The zero-order valence-corrected chi connectivity index (χ0v) is 18.9. The third-order valence-corrected chi connectivity index (χ3v) is 7.09. The number of furan rings is 1. The zero-order valence-electron chi connectivity index (χ0n) is 18.0. The molecule has 2 N–H and O–H groups in total. The number of anilines is 1. The van der Waals surface area contributed by atoms with Gasteiger partial charge >= 0.3 is 0 Å². The molecule has 0 aliphatic carbocycles. The zero-order chi connectivity index (χ0) is 23.3. The van der Waals surface area contributed by atoms with Gasteiger partial charge in [-0.3, -0.25) is 14.4 Å². The molecule has 9 heteroatoms. The molecule has 0 saturated carbocycles. The molecule has 2 heterocycles. The molecule has 0 spiro atoms. The number of sulfonamides is 1. The summed E-state index contributed by atoms with van der Waals surface area (Å²) < 4.78 is 46.8. The third-order valence-electron chi connectivity index (χ3n) is 5.70. The molecule has 1 unspecified atom stereocenters. The first-order chi connectivity index (χ1) is 15.9. The fourth-order valence-electron chi connectivity index (χ4n) is 3.95. The largest absolute Gasteiger partial charge is 0.468 e. The van der Waals surface area contributed by atoms with Gasteiger partial charge in [0.05, 0.1) is 22.9 Å². The fraction of sp³-hybridized carbons (Fsp3) is 0.292. The number of halogens is 1. The Morgan fingerprint density at radius 2 is 1.73 bits per heavy atom. The fourth-order valence-corrected chi connectivity index (χ4v) is 5.01. The number of hydrogen-bond donors (Lipinski definition) is 2. The topological polar surface area (TPSA) is 91.7 Å². The summed E-state index contributed by atoms with van der Waals surface area (Å²) >= 11 is 0. The third kappa shape index (κ3) is 5.61. The van der Waals surface area contributed by atoms with Crippen LogP contribution in [0.4, 0.5) is 10.1 Å². The van der Waals surface area contributed by atoms with E-state index in [9.17, 15) is 17.6 Å². The molecule has 1 aromatic heterocycles. The molecule has 1 aliphatic heterocycles. The van der Waals surface area contributed by atoms with E-state index in [0.29, 0.717) is 12.1 Å². The number of nitrogens with zero attached hydrogens (tertiary/aromatic N) is 1. The minimum absolute atomic E-state index is 0.0612. The van der Waals surface area contributed by atoms with Gasteiger partial charge in [-0.15, -0.1) is 0 Å². The van der Waals surface area contributed by atoms with Crippen molar-refractivity contribution in [2.75, 3.05) is 24.4 Å². The van der Waals surface area contributed by atoms with Gasteiger partial charge in [0, 0.05) is 12.1 Å². The van der Waals surface area contributed by atoms with Gasteiger partial charge in [0.1, 0.15) is 11.6 Å². The molecule has 1 amide bonds. The molecule has 0 radical (unpaired) electrons. The monoisotopic (exact) mass is 471 g/mol. The van der Waals surface area contributed by atoms with Crippen molar-refractivity contribution in [3.05, 3.63) is 84.1 Å². The van der Waals surface area contributed by atoms with Crippen molar-refractivity contribution < 1.29 is 22.0 Å². The predicted molar refractivity (Wildman–Crippen MR) is 123 cm³/mol. The van der Waals surface area contributed by atoms with Gasteiger partial charge in [0.2, 0.25) is 0 Å². The van der Waals surface area contributed by atoms with Crippen molar-refractivity contribution in [1.29, 1.82) is 0 Å². The standard InChI is InChI=1S/C24H26FN3O4S/c25-20-7-2-3-8-21(20)27-33(30,31)19-12-10-18(11-13-19)24(29)26-17-22(23-9-6-16-32-23)28-14-4-1-5-15-28/h2-3,6-13,16,22,27H,1,4-5,14-15,17H2,(H,26,29). The molecular formula is C24H26FN3O4S. The van der Waals surface area contributed by atoms with E-state index in [2.05, 4.69) is 14.9 Å². The summed E-state index contributed by atoms with van der Waals surface area (Å²) in [6.45, 7) is 2.27. The summed E-state index contributed by atoms with van der Waals surface area (Å²) in [4.78, 5) is 15.0. The minimum atomic E-state index is -3.99. The number of hydrogen-bond acceptors (Lipinski definition) is 5. The van der Waals surface area contributed by atoms with Crippen LogP contribution in [0.1, 0.15) is 41.4 Å². The summed E-state index contributed by atoms with van der Waals surface area (Å²) in [6.07, 6.45) is 5.06. The van der Waals surface area contributed by atoms with Crippen LogP contribution in [0.15, 0.2) is 76.2 Å². The smallest absolute Gasteiger partial charge is 0.261 e. The summed E-state index contributed by atoms with van der Waals surface area (Å²) in [6, 6.07) is 14.7. The molecule has 1 aliphatic rings. The summed E-state index contributed by atoms with van der Waals surface area (Å²) in [7, 11) is -3.99. The van der Waals surface area contributed by atoms with Crippen LogP contribution in [0.2, 0.25) is 0 Å². The van der Waals surface area contributed by atoms with Crippen LogP contribution in [-0.4, -0.2) is 38.9 Å². The molecule has 2 aromatic carbocycles. The highest BCUT2D eigenvalue weighted by Crippen LogP contribution is 2.25.